The summed E-state index contributed by atoms with van der Waals surface area (Å²) in [7, 11) is 0. The molecule has 1 unspecified atom stereocenters. The first-order chi connectivity index (χ1) is 6.09. The highest BCUT2D eigenvalue weighted by atomic mass is 16.2. The van der Waals surface area contributed by atoms with Crippen LogP contribution in [-0.2, 0) is 14.4 Å². The van der Waals surface area contributed by atoms with Crippen molar-refractivity contribution in [2.75, 3.05) is 0 Å². The predicted octanol–water partition coefficient (Wildman–Crippen LogP) is -0.695. The van der Waals surface area contributed by atoms with Gasteiger partial charge < -0.3 is 5.73 Å². The number of hydrogen-bond donors (Lipinski definition) is 2. The van der Waals surface area contributed by atoms with Crippen molar-refractivity contribution in [2.45, 2.75) is 25.7 Å². The molecular formula is C8H12N2O3. The number of carbonyl (C=O) groups is 3. The minimum Gasteiger partial charge on any atom is -0.370 e. The minimum absolute atomic E-state index is 0.201. The van der Waals surface area contributed by atoms with Gasteiger partial charge in [0.1, 0.15) is 0 Å². The van der Waals surface area contributed by atoms with Crippen LogP contribution in [-0.4, -0.2) is 17.7 Å². The summed E-state index contributed by atoms with van der Waals surface area (Å²) in [5, 5.41) is 2.22. The van der Waals surface area contributed by atoms with Crippen molar-refractivity contribution in [3.8, 4) is 0 Å². The second-order valence-electron chi connectivity index (χ2n) is 3.15. The molecule has 1 saturated heterocycles. The Morgan fingerprint density at radius 1 is 1.54 bits per heavy atom. The Kier molecular flexibility index (Phi) is 3.00. The third kappa shape index (κ3) is 2.85. The van der Waals surface area contributed by atoms with Gasteiger partial charge in [-0.15, -0.1) is 0 Å². The van der Waals surface area contributed by atoms with E-state index in [0.717, 1.165) is 0 Å². The molecule has 1 aliphatic heterocycles. The molecule has 1 fully saturated rings. The van der Waals surface area contributed by atoms with Crippen LogP contribution in [0.5, 0.6) is 0 Å². The Morgan fingerprint density at radius 3 is 2.77 bits per heavy atom. The quantitative estimate of drug-likeness (QED) is 0.568. The van der Waals surface area contributed by atoms with E-state index in [1.54, 1.807) is 0 Å². The van der Waals surface area contributed by atoms with Crippen molar-refractivity contribution in [3.63, 3.8) is 0 Å². The fourth-order valence-electron chi connectivity index (χ4n) is 1.33. The fourth-order valence-corrected chi connectivity index (χ4v) is 1.33. The van der Waals surface area contributed by atoms with Crippen LogP contribution >= 0.6 is 0 Å². The maximum atomic E-state index is 11.1. The van der Waals surface area contributed by atoms with Gasteiger partial charge in [-0.3, -0.25) is 19.7 Å². The Balaban J connectivity index is 2.38. The minimum atomic E-state index is -0.412. The van der Waals surface area contributed by atoms with E-state index in [1.165, 1.54) is 0 Å². The van der Waals surface area contributed by atoms with Crippen LogP contribution < -0.4 is 11.1 Å². The molecular weight excluding hydrogens is 172 g/mol. The van der Waals surface area contributed by atoms with Crippen LogP contribution in [0.4, 0.5) is 0 Å². The molecule has 3 N–H and O–H groups in total. The number of carbonyl (C=O) groups excluding carboxylic acids is 3. The first kappa shape index (κ1) is 9.70. The van der Waals surface area contributed by atoms with Crippen molar-refractivity contribution in [1.82, 2.24) is 5.32 Å². The lowest BCUT2D eigenvalue weighted by Gasteiger charge is -2.19. The number of nitrogens with one attached hydrogen (secondary N) is 1. The molecule has 1 atom stereocenters. The van der Waals surface area contributed by atoms with E-state index in [9.17, 15) is 14.4 Å². The second-order valence-corrected chi connectivity index (χ2v) is 3.15. The first-order valence-corrected chi connectivity index (χ1v) is 4.21. The molecule has 5 nitrogen and oxygen atoms in total. The number of piperidine rings is 1. The zero-order valence-corrected chi connectivity index (χ0v) is 7.21. The summed E-state index contributed by atoms with van der Waals surface area (Å²) in [5.74, 6) is -1.16. The number of hydrogen-bond acceptors (Lipinski definition) is 3. The van der Waals surface area contributed by atoms with Gasteiger partial charge in [0.2, 0.25) is 17.7 Å². The third-order valence-corrected chi connectivity index (χ3v) is 2.09. The molecule has 5 heteroatoms. The molecule has 1 aliphatic rings. The van der Waals surface area contributed by atoms with E-state index in [4.69, 9.17) is 5.73 Å². The summed E-state index contributed by atoms with van der Waals surface area (Å²) >= 11 is 0. The summed E-state index contributed by atoms with van der Waals surface area (Å²) in [4.78, 5) is 32.3. The maximum Gasteiger partial charge on any atom is 0.229 e. The SMILES string of the molecule is NC(=O)CCC1CCC(=O)NC1=O. The Hall–Kier alpha value is -1.39. The van der Waals surface area contributed by atoms with Gasteiger partial charge in [0.05, 0.1) is 0 Å². The van der Waals surface area contributed by atoms with Gasteiger partial charge in [0.15, 0.2) is 0 Å². The smallest absolute Gasteiger partial charge is 0.229 e. The number of primary amides is 1. The maximum absolute atomic E-state index is 11.1. The van der Waals surface area contributed by atoms with Crippen LogP contribution in [0.1, 0.15) is 25.7 Å². The molecule has 13 heavy (non-hydrogen) atoms. The topological polar surface area (TPSA) is 89.3 Å². The Bertz CT molecular complexity index is 250. The summed E-state index contributed by atoms with van der Waals surface area (Å²) < 4.78 is 0. The summed E-state index contributed by atoms with van der Waals surface area (Å²) in [5.41, 5.74) is 4.94. The Labute approximate surface area is 75.7 Å². The molecule has 0 spiro atoms. The van der Waals surface area contributed by atoms with Crippen molar-refractivity contribution in [1.29, 1.82) is 0 Å². The monoisotopic (exact) mass is 184 g/mol. The van der Waals surface area contributed by atoms with Gasteiger partial charge in [0.25, 0.3) is 0 Å². The van der Waals surface area contributed by atoms with Gasteiger partial charge in [-0.25, -0.2) is 0 Å². The third-order valence-electron chi connectivity index (χ3n) is 2.09. The van der Waals surface area contributed by atoms with E-state index in [0.29, 0.717) is 19.3 Å². The lowest BCUT2D eigenvalue weighted by molar-refractivity contribution is -0.136. The van der Waals surface area contributed by atoms with E-state index >= 15 is 0 Å². The van der Waals surface area contributed by atoms with Gasteiger partial charge in [-0.1, -0.05) is 0 Å². The molecule has 0 aromatic heterocycles. The summed E-state index contributed by atoms with van der Waals surface area (Å²) in [6.45, 7) is 0. The van der Waals surface area contributed by atoms with Gasteiger partial charge in [0, 0.05) is 18.8 Å². The van der Waals surface area contributed by atoms with Crippen molar-refractivity contribution in [2.24, 2.45) is 11.7 Å². The predicted molar refractivity (Wildman–Crippen MR) is 44.3 cm³/mol. The summed E-state index contributed by atoms with van der Waals surface area (Å²) in [6.07, 6.45) is 1.52. The molecule has 0 aliphatic carbocycles. The van der Waals surface area contributed by atoms with Crippen molar-refractivity contribution in [3.05, 3.63) is 0 Å². The van der Waals surface area contributed by atoms with E-state index in [-0.39, 0.29) is 24.2 Å². The molecule has 0 aromatic carbocycles. The zero-order valence-electron chi connectivity index (χ0n) is 7.21. The number of amides is 3. The average molecular weight is 184 g/mol. The first-order valence-electron chi connectivity index (χ1n) is 4.21. The van der Waals surface area contributed by atoms with Crippen LogP contribution in [0.25, 0.3) is 0 Å². The van der Waals surface area contributed by atoms with E-state index in [2.05, 4.69) is 5.32 Å². The lowest BCUT2D eigenvalue weighted by Crippen LogP contribution is -2.40. The zero-order chi connectivity index (χ0) is 9.84. The van der Waals surface area contributed by atoms with Gasteiger partial charge >= 0.3 is 0 Å². The summed E-state index contributed by atoms with van der Waals surface area (Å²) in [6, 6.07) is 0. The molecule has 0 saturated carbocycles. The largest absolute Gasteiger partial charge is 0.370 e. The van der Waals surface area contributed by atoms with Crippen molar-refractivity contribution < 1.29 is 14.4 Å². The lowest BCUT2D eigenvalue weighted by atomic mass is 9.93. The van der Waals surface area contributed by atoms with E-state index < -0.39 is 5.91 Å². The standard InChI is InChI=1S/C8H12N2O3/c9-6(11)3-1-5-2-4-7(12)10-8(5)13/h5H,1-4H2,(H2,9,11)(H,10,12,13). The fraction of sp³-hybridized carbons (Fsp3) is 0.625. The molecule has 3 amide bonds. The highest BCUT2D eigenvalue weighted by molar-refractivity contribution is 5.98. The van der Waals surface area contributed by atoms with Crippen LogP contribution in [0.3, 0.4) is 0 Å². The van der Waals surface area contributed by atoms with Crippen molar-refractivity contribution >= 4 is 17.7 Å². The molecule has 0 aromatic rings. The average Bonchev–Trinajstić information content (AvgIpc) is 2.02. The molecule has 1 rings (SSSR count). The highest BCUT2D eigenvalue weighted by Crippen LogP contribution is 2.17. The molecule has 72 valence electrons. The van der Waals surface area contributed by atoms with Gasteiger partial charge in [-0.05, 0) is 12.8 Å². The number of rotatable bonds is 3. The van der Waals surface area contributed by atoms with Crippen LogP contribution in [0.15, 0.2) is 0 Å². The molecule has 0 bridgehead atoms. The Morgan fingerprint density at radius 2 is 2.23 bits per heavy atom. The van der Waals surface area contributed by atoms with E-state index in [1.807, 2.05) is 0 Å². The number of nitrogens with two attached hydrogens (primary N) is 1. The van der Waals surface area contributed by atoms with Gasteiger partial charge in [-0.2, -0.15) is 0 Å². The second kappa shape index (κ2) is 4.02. The molecule has 0 radical (unpaired) electrons. The number of imide groups is 1. The molecule has 1 heterocycles. The normalized spacial score (nSPS) is 22.6. The van der Waals surface area contributed by atoms with Crippen LogP contribution in [0, 0.1) is 5.92 Å². The highest BCUT2D eigenvalue weighted by Gasteiger charge is 2.26. The van der Waals surface area contributed by atoms with Crippen LogP contribution in [0.2, 0.25) is 0 Å².